The van der Waals surface area contributed by atoms with Crippen LogP contribution in [0.1, 0.15) is 49.6 Å². The number of nitrogens with one attached hydrogen (secondary N) is 1. The molecule has 1 aromatic rings. The molecule has 0 radical (unpaired) electrons. The smallest absolute Gasteiger partial charge is 0.226 e. The van der Waals surface area contributed by atoms with Gasteiger partial charge < -0.3 is 11.1 Å². The lowest BCUT2D eigenvalue weighted by Crippen LogP contribution is -2.29. The van der Waals surface area contributed by atoms with Gasteiger partial charge in [-0.15, -0.1) is 36.2 Å². The lowest BCUT2D eigenvalue weighted by molar-refractivity contribution is -0.116. The van der Waals surface area contributed by atoms with Crippen LogP contribution < -0.4 is 11.1 Å². The fourth-order valence-corrected chi connectivity index (χ4v) is 3.60. The lowest BCUT2D eigenvalue weighted by Gasteiger charge is -2.23. The van der Waals surface area contributed by atoms with Gasteiger partial charge in [0.25, 0.3) is 0 Å². The van der Waals surface area contributed by atoms with Crippen molar-refractivity contribution >= 4 is 47.2 Å². The maximum absolute atomic E-state index is 11.9. The highest BCUT2D eigenvalue weighted by Gasteiger charge is 2.20. The number of amides is 1. The van der Waals surface area contributed by atoms with E-state index in [0.29, 0.717) is 6.42 Å². The van der Waals surface area contributed by atoms with Gasteiger partial charge >= 0.3 is 0 Å². The molecule has 2 rings (SSSR count). The number of fused-ring (bicyclic) bond motifs is 1. The highest BCUT2D eigenvalue weighted by molar-refractivity contribution is 7.15. The van der Waals surface area contributed by atoms with Gasteiger partial charge in [-0.25, -0.2) is 4.98 Å². The average molecular weight is 383 g/mol. The summed E-state index contributed by atoms with van der Waals surface area (Å²) < 4.78 is 0. The number of thiazole rings is 1. The largest absolute Gasteiger partial charge is 0.330 e. The fourth-order valence-electron chi connectivity index (χ4n) is 2.54. The molecule has 1 amide bonds. The Morgan fingerprint density at radius 2 is 2.04 bits per heavy atom. The molecule has 1 aliphatic rings. The molecule has 0 spiro atoms. The number of carbonyl (C=O) groups excluding carboxylic acids is 1. The lowest BCUT2D eigenvalue weighted by atomic mass is 10.1. The van der Waals surface area contributed by atoms with E-state index in [1.54, 1.807) is 11.3 Å². The Balaban J connectivity index is 0.00000242. The van der Waals surface area contributed by atoms with E-state index in [1.807, 2.05) is 0 Å². The second kappa shape index (κ2) is 12.0. The van der Waals surface area contributed by atoms with Crippen LogP contribution in [-0.4, -0.2) is 35.4 Å². The maximum atomic E-state index is 11.9. The minimum Gasteiger partial charge on any atom is -0.330 e. The summed E-state index contributed by atoms with van der Waals surface area (Å²) in [6, 6.07) is 0. The van der Waals surface area contributed by atoms with E-state index in [0.717, 1.165) is 63.4 Å². The molecule has 0 unspecified atom stereocenters. The molecule has 2 heterocycles. The van der Waals surface area contributed by atoms with Crippen LogP contribution in [0, 0.1) is 0 Å². The molecule has 0 saturated carbocycles. The van der Waals surface area contributed by atoms with Gasteiger partial charge in [0.15, 0.2) is 5.13 Å². The number of anilines is 1. The number of unbranched alkanes of at least 4 members (excludes halogenated alkanes) is 3. The van der Waals surface area contributed by atoms with Crippen LogP contribution in [0.25, 0.3) is 0 Å². The summed E-state index contributed by atoms with van der Waals surface area (Å²) in [6.07, 6.45) is 5.74. The third-order valence-corrected chi connectivity index (χ3v) is 4.86. The summed E-state index contributed by atoms with van der Waals surface area (Å²) in [5, 5.41) is 3.72. The van der Waals surface area contributed by atoms with Gasteiger partial charge in [-0.05, 0) is 25.9 Å². The van der Waals surface area contributed by atoms with Crippen LogP contribution in [-0.2, 0) is 17.8 Å². The monoisotopic (exact) mass is 382 g/mol. The molecule has 0 atom stereocenters. The van der Waals surface area contributed by atoms with Crippen molar-refractivity contribution in [1.82, 2.24) is 9.88 Å². The van der Waals surface area contributed by atoms with Crippen LogP contribution in [0.5, 0.6) is 0 Å². The Labute approximate surface area is 155 Å². The fraction of sp³-hybridized carbons (Fsp3) is 0.733. The normalized spacial score (nSPS) is 13.7. The number of hydrogen-bond acceptors (Lipinski definition) is 5. The molecule has 1 aliphatic heterocycles. The van der Waals surface area contributed by atoms with Crippen LogP contribution in [0.2, 0.25) is 0 Å². The van der Waals surface area contributed by atoms with Crippen molar-refractivity contribution < 1.29 is 4.79 Å². The molecular weight excluding hydrogens is 355 g/mol. The van der Waals surface area contributed by atoms with Crippen LogP contribution in [0.15, 0.2) is 0 Å². The van der Waals surface area contributed by atoms with E-state index in [2.05, 4.69) is 22.1 Å². The van der Waals surface area contributed by atoms with E-state index < -0.39 is 0 Å². The molecule has 8 heteroatoms. The van der Waals surface area contributed by atoms with E-state index in [4.69, 9.17) is 5.73 Å². The van der Waals surface area contributed by atoms with Crippen molar-refractivity contribution in [2.24, 2.45) is 5.73 Å². The Kier molecular flexibility index (Phi) is 11.8. The van der Waals surface area contributed by atoms with E-state index in [9.17, 15) is 4.79 Å². The van der Waals surface area contributed by atoms with Crippen LogP contribution in [0.4, 0.5) is 5.13 Å². The second-order valence-electron chi connectivity index (χ2n) is 5.51. The molecule has 0 bridgehead atoms. The molecule has 23 heavy (non-hydrogen) atoms. The van der Waals surface area contributed by atoms with Gasteiger partial charge in [0, 0.05) is 30.8 Å². The highest BCUT2D eigenvalue weighted by atomic mass is 35.5. The number of aromatic nitrogens is 1. The number of halogens is 2. The minimum atomic E-state index is 0. The van der Waals surface area contributed by atoms with E-state index in [1.165, 1.54) is 10.6 Å². The first-order chi connectivity index (χ1) is 10.2. The van der Waals surface area contributed by atoms with Crippen molar-refractivity contribution in [3.8, 4) is 0 Å². The second-order valence-corrected chi connectivity index (χ2v) is 6.59. The van der Waals surface area contributed by atoms with E-state index in [-0.39, 0.29) is 30.7 Å². The van der Waals surface area contributed by atoms with Crippen molar-refractivity contribution in [3.05, 3.63) is 10.6 Å². The zero-order chi connectivity index (χ0) is 15.1. The molecule has 5 nitrogen and oxygen atoms in total. The Morgan fingerprint density at radius 1 is 1.30 bits per heavy atom. The third-order valence-electron chi connectivity index (χ3n) is 3.86. The summed E-state index contributed by atoms with van der Waals surface area (Å²) in [6.45, 7) is 6.03. The van der Waals surface area contributed by atoms with Gasteiger partial charge in [0.1, 0.15) is 0 Å². The van der Waals surface area contributed by atoms with Crippen molar-refractivity contribution in [2.75, 3.05) is 25.0 Å². The average Bonchev–Trinajstić information content (AvgIpc) is 2.87. The number of nitrogens with zero attached hydrogens (tertiary/aromatic N) is 2. The minimum absolute atomic E-state index is 0. The number of likely N-dealkylation sites (N-methyl/N-ethyl adjacent to an activating group) is 1. The number of hydrogen-bond donors (Lipinski definition) is 2. The zero-order valence-corrected chi connectivity index (χ0v) is 16.1. The van der Waals surface area contributed by atoms with Gasteiger partial charge in [-0.3, -0.25) is 9.69 Å². The van der Waals surface area contributed by atoms with Gasteiger partial charge in [0.2, 0.25) is 5.91 Å². The van der Waals surface area contributed by atoms with Crippen molar-refractivity contribution in [3.63, 3.8) is 0 Å². The molecule has 0 aromatic carbocycles. The topological polar surface area (TPSA) is 71.2 Å². The number of nitrogens with two attached hydrogens (primary N) is 1. The highest BCUT2D eigenvalue weighted by Crippen LogP contribution is 2.28. The van der Waals surface area contributed by atoms with Crippen molar-refractivity contribution in [2.45, 2.75) is 52.0 Å². The molecule has 134 valence electrons. The Bertz CT molecular complexity index is 470. The van der Waals surface area contributed by atoms with Crippen molar-refractivity contribution in [1.29, 1.82) is 0 Å². The Hall–Kier alpha value is -0.400. The van der Waals surface area contributed by atoms with Crippen LogP contribution >= 0.6 is 36.2 Å². The predicted octanol–water partition coefficient (Wildman–Crippen LogP) is 3.21. The number of carbonyl (C=O) groups is 1. The molecule has 1 aromatic heterocycles. The predicted molar refractivity (Wildman–Crippen MR) is 102 cm³/mol. The summed E-state index contributed by atoms with van der Waals surface area (Å²) in [4.78, 5) is 20.2. The summed E-state index contributed by atoms with van der Waals surface area (Å²) >= 11 is 1.63. The molecular formula is C15H28Cl2N4OS. The van der Waals surface area contributed by atoms with Gasteiger partial charge in [-0.2, -0.15) is 0 Å². The molecule has 0 saturated heterocycles. The number of rotatable bonds is 8. The van der Waals surface area contributed by atoms with Gasteiger partial charge in [0.05, 0.1) is 5.69 Å². The summed E-state index contributed by atoms with van der Waals surface area (Å²) in [5.41, 5.74) is 6.62. The zero-order valence-electron chi connectivity index (χ0n) is 13.7. The summed E-state index contributed by atoms with van der Waals surface area (Å²) in [7, 11) is 0. The molecule has 3 N–H and O–H groups in total. The molecule has 0 fully saturated rings. The first-order valence-electron chi connectivity index (χ1n) is 7.93. The van der Waals surface area contributed by atoms with Gasteiger partial charge in [-0.1, -0.05) is 19.8 Å². The third kappa shape index (κ3) is 7.35. The standard InChI is InChI=1S/C15H26N4OS.2ClH/c1-2-19-10-8-12-13(11-19)21-15(17-12)18-14(20)7-5-3-4-6-9-16;;/h2-11,16H2,1H3,(H,17,18,20);2*1H. The molecule has 0 aliphatic carbocycles. The van der Waals surface area contributed by atoms with Crippen LogP contribution in [0.3, 0.4) is 0 Å². The maximum Gasteiger partial charge on any atom is 0.226 e. The summed E-state index contributed by atoms with van der Waals surface area (Å²) in [5.74, 6) is 0.0844. The SMILES string of the molecule is CCN1CCc2nc(NC(=O)CCCCCCN)sc2C1.Cl.Cl. The first-order valence-corrected chi connectivity index (χ1v) is 8.75. The quantitative estimate of drug-likeness (QED) is 0.677. The first kappa shape index (κ1) is 22.6. The van der Waals surface area contributed by atoms with E-state index >= 15 is 0 Å². The Morgan fingerprint density at radius 3 is 2.74 bits per heavy atom.